The third kappa shape index (κ3) is 3.57. The van der Waals surface area contributed by atoms with Gasteiger partial charge in [-0.1, -0.05) is 72.8 Å². The Hall–Kier alpha value is -4.84. The Morgan fingerprint density at radius 3 is 1.35 bits per heavy atom. The first-order chi connectivity index (χ1) is 16.9. The van der Waals surface area contributed by atoms with E-state index in [0.29, 0.717) is 0 Å². The largest absolute Gasteiger partial charge is 0.299 e. The molecule has 0 saturated carbocycles. The van der Waals surface area contributed by atoms with Crippen molar-refractivity contribution in [1.82, 2.24) is 18.8 Å². The Morgan fingerprint density at radius 2 is 0.912 bits per heavy atom. The minimum Gasteiger partial charge on any atom is -0.299 e. The summed E-state index contributed by atoms with van der Waals surface area (Å²) in [4.78, 5) is 9.64. The lowest BCUT2D eigenvalue weighted by Crippen LogP contribution is -1.87. The summed E-state index contributed by atoms with van der Waals surface area (Å²) in [5, 5.41) is 8.60. The van der Waals surface area contributed by atoms with Crippen LogP contribution in [0.1, 0.15) is 11.4 Å². The molecule has 0 unspecified atom stereocenters. The standard InChI is InChI=1S/C28H20N6/c1-3-11-21(12-4-1)27-31-23(25-15-7-9-17-33(25)27)19-29-30-20-24-26-16-8-10-18-34(26)28(32-24)22-13-5-2-6-14-22/h1-20H. The minimum atomic E-state index is 0.760. The molecule has 0 saturated heterocycles. The second-order valence-corrected chi connectivity index (χ2v) is 7.77. The number of fused-ring (bicyclic) bond motifs is 2. The molecule has 6 heteroatoms. The highest BCUT2D eigenvalue weighted by Crippen LogP contribution is 2.23. The Bertz CT molecular complexity index is 1520. The van der Waals surface area contributed by atoms with Crippen LogP contribution in [0.15, 0.2) is 120 Å². The highest BCUT2D eigenvalue weighted by atomic mass is 15.2. The Kier molecular flexibility index (Phi) is 5.01. The maximum absolute atomic E-state index is 4.82. The summed E-state index contributed by atoms with van der Waals surface area (Å²) >= 11 is 0. The van der Waals surface area contributed by atoms with E-state index in [1.807, 2.05) is 85.2 Å². The van der Waals surface area contributed by atoms with Crippen molar-refractivity contribution in [2.45, 2.75) is 0 Å². The van der Waals surface area contributed by atoms with Gasteiger partial charge in [-0.15, -0.1) is 0 Å². The average molecular weight is 441 g/mol. The van der Waals surface area contributed by atoms with Crippen LogP contribution in [0, 0.1) is 0 Å². The lowest BCUT2D eigenvalue weighted by molar-refractivity contribution is 1.16. The predicted molar refractivity (Wildman–Crippen MR) is 136 cm³/mol. The van der Waals surface area contributed by atoms with Crippen LogP contribution in [-0.2, 0) is 0 Å². The van der Waals surface area contributed by atoms with Crippen LogP contribution in [0.4, 0.5) is 0 Å². The highest BCUT2D eigenvalue weighted by molar-refractivity contribution is 5.91. The first kappa shape index (κ1) is 19.8. The van der Waals surface area contributed by atoms with Gasteiger partial charge < -0.3 is 0 Å². The normalized spacial score (nSPS) is 11.9. The molecule has 0 spiro atoms. The molecule has 0 aliphatic heterocycles. The monoisotopic (exact) mass is 440 g/mol. The smallest absolute Gasteiger partial charge is 0.145 e. The van der Waals surface area contributed by atoms with Gasteiger partial charge in [-0.05, 0) is 24.3 Å². The van der Waals surface area contributed by atoms with Gasteiger partial charge in [0.1, 0.15) is 23.0 Å². The summed E-state index contributed by atoms with van der Waals surface area (Å²) < 4.78 is 4.13. The van der Waals surface area contributed by atoms with Gasteiger partial charge in [-0.3, -0.25) is 8.80 Å². The van der Waals surface area contributed by atoms with Gasteiger partial charge in [0, 0.05) is 23.5 Å². The summed E-state index contributed by atoms with van der Waals surface area (Å²) in [7, 11) is 0. The molecular formula is C28H20N6. The number of rotatable bonds is 5. The predicted octanol–water partition coefficient (Wildman–Crippen LogP) is 5.77. The number of hydrogen-bond donors (Lipinski definition) is 0. The molecular weight excluding hydrogens is 420 g/mol. The molecule has 6 rings (SSSR count). The third-order valence-electron chi connectivity index (χ3n) is 5.64. The lowest BCUT2D eigenvalue weighted by atomic mass is 10.2. The van der Waals surface area contributed by atoms with Crippen molar-refractivity contribution in [1.29, 1.82) is 0 Å². The number of nitrogens with zero attached hydrogens (tertiary/aromatic N) is 6. The molecule has 0 aliphatic carbocycles. The molecule has 0 N–H and O–H groups in total. The van der Waals surface area contributed by atoms with Gasteiger partial charge in [0.25, 0.3) is 0 Å². The number of hydrogen-bond acceptors (Lipinski definition) is 4. The van der Waals surface area contributed by atoms with Crippen molar-refractivity contribution in [3.8, 4) is 22.8 Å². The van der Waals surface area contributed by atoms with E-state index in [2.05, 4.69) is 43.3 Å². The molecule has 0 aliphatic rings. The van der Waals surface area contributed by atoms with Crippen LogP contribution in [0.2, 0.25) is 0 Å². The molecule has 0 fully saturated rings. The molecule has 0 bridgehead atoms. The third-order valence-corrected chi connectivity index (χ3v) is 5.64. The maximum atomic E-state index is 4.82. The molecule has 4 aromatic heterocycles. The Morgan fingerprint density at radius 1 is 0.500 bits per heavy atom. The lowest BCUT2D eigenvalue weighted by Gasteiger charge is -1.99. The second-order valence-electron chi connectivity index (χ2n) is 7.77. The molecule has 162 valence electrons. The summed E-state index contributed by atoms with van der Waals surface area (Å²) in [6.07, 6.45) is 7.39. The number of aromatic nitrogens is 4. The van der Waals surface area contributed by atoms with E-state index < -0.39 is 0 Å². The summed E-state index contributed by atoms with van der Waals surface area (Å²) in [5.74, 6) is 1.74. The highest BCUT2D eigenvalue weighted by Gasteiger charge is 2.12. The van der Waals surface area contributed by atoms with Crippen molar-refractivity contribution in [2.75, 3.05) is 0 Å². The molecule has 6 aromatic rings. The van der Waals surface area contributed by atoms with E-state index in [0.717, 1.165) is 45.2 Å². The van der Waals surface area contributed by atoms with Crippen molar-refractivity contribution >= 4 is 23.5 Å². The fraction of sp³-hybridized carbons (Fsp3) is 0. The molecule has 0 radical (unpaired) electrons. The van der Waals surface area contributed by atoms with E-state index >= 15 is 0 Å². The zero-order chi connectivity index (χ0) is 22.7. The van der Waals surface area contributed by atoms with Crippen LogP contribution in [0.5, 0.6) is 0 Å². The molecule has 4 heterocycles. The molecule has 0 atom stereocenters. The van der Waals surface area contributed by atoms with Crippen LogP contribution < -0.4 is 0 Å². The summed E-state index contributed by atoms with van der Waals surface area (Å²) in [5.41, 5.74) is 5.56. The second kappa shape index (κ2) is 8.60. The fourth-order valence-electron chi connectivity index (χ4n) is 4.07. The van der Waals surface area contributed by atoms with E-state index in [1.165, 1.54) is 0 Å². The van der Waals surface area contributed by atoms with E-state index in [9.17, 15) is 0 Å². The quantitative estimate of drug-likeness (QED) is 0.252. The van der Waals surface area contributed by atoms with Crippen LogP contribution in [0.3, 0.4) is 0 Å². The molecule has 34 heavy (non-hydrogen) atoms. The fourth-order valence-corrected chi connectivity index (χ4v) is 4.07. The van der Waals surface area contributed by atoms with Crippen molar-refractivity contribution in [3.05, 3.63) is 121 Å². The summed E-state index contributed by atoms with van der Waals surface area (Å²) in [6.45, 7) is 0. The SMILES string of the molecule is C(=NN=Cc1nc(-c2ccccc2)n2ccccc12)c1nc(-c2ccccc2)n2ccccc12. The average Bonchev–Trinajstić information content (AvgIpc) is 3.47. The van der Waals surface area contributed by atoms with E-state index in [1.54, 1.807) is 12.4 Å². The van der Waals surface area contributed by atoms with Gasteiger partial charge in [-0.2, -0.15) is 10.2 Å². The minimum absolute atomic E-state index is 0.760. The first-order valence-corrected chi connectivity index (χ1v) is 11.0. The number of benzene rings is 2. The number of pyridine rings is 2. The van der Waals surface area contributed by atoms with Crippen LogP contribution in [-0.4, -0.2) is 31.2 Å². The van der Waals surface area contributed by atoms with Gasteiger partial charge in [0.15, 0.2) is 0 Å². The number of imidazole rings is 2. The topological polar surface area (TPSA) is 59.3 Å². The Balaban J connectivity index is 1.35. The molecule has 0 amide bonds. The van der Waals surface area contributed by atoms with Gasteiger partial charge in [0.2, 0.25) is 0 Å². The van der Waals surface area contributed by atoms with Gasteiger partial charge >= 0.3 is 0 Å². The van der Waals surface area contributed by atoms with Gasteiger partial charge in [-0.25, -0.2) is 9.97 Å². The maximum Gasteiger partial charge on any atom is 0.145 e. The van der Waals surface area contributed by atoms with Crippen LogP contribution in [0.25, 0.3) is 33.8 Å². The molecule has 2 aromatic carbocycles. The zero-order valence-electron chi connectivity index (χ0n) is 18.2. The van der Waals surface area contributed by atoms with E-state index in [-0.39, 0.29) is 0 Å². The zero-order valence-corrected chi connectivity index (χ0v) is 18.2. The van der Waals surface area contributed by atoms with Crippen LogP contribution >= 0.6 is 0 Å². The van der Waals surface area contributed by atoms with Gasteiger partial charge in [0.05, 0.1) is 23.5 Å². The van der Waals surface area contributed by atoms with Crippen molar-refractivity contribution in [2.24, 2.45) is 10.2 Å². The Labute approximate surface area is 196 Å². The van der Waals surface area contributed by atoms with E-state index in [4.69, 9.17) is 9.97 Å². The van der Waals surface area contributed by atoms with Crippen molar-refractivity contribution < 1.29 is 0 Å². The summed E-state index contributed by atoms with van der Waals surface area (Å²) in [6, 6.07) is 32.3. The molecule has 6 nitrogen and oxygen atoms in total. The van der Waals surface area contributed by atoms with Crippen molar-refractivity contribution in [3.63, 3.8) is 0 Å². The first-order valence-electron chi connectivity index (χ1n) is 11.0.